The Balaban J connectivity index is 2.42. The maximum Gasteiger partial charge on any atom is 0.490 e. The lowest BCUT2D eigenvalue weighted by molar-refractivity contribution is 0.425. The highest BCUT2D eigenvalue weighted by Gasteiger charge is 2.14. The van der Waals surface area contributed by atoms with Crippen LogP contribution in [-0.4, -0.2) is 31.9 Å². The summed E-state index contributed by atoms with van der Waals surface area (Å²) in [5, 5.41) is 22.1. The number of hydrogen-bond acceptors (Lipinski definition) is 4. The van der Waals surface area contributed by atoms with Crippen molar-refractivity contribution in [2.45, 2.75) is 6.92 Å². The molecule has 15 heavy (non-hydrogen) atoms. The van der Waals surface area contributed by atoms with E-state index >= 15 is 0 Å². The van der Waals surface area contributed by atoms with Crippen LogP contribution in [0.4, 0.5) is 0 Å². The zero-order valence-electron chi connectivity index (χ0n) is 8.20. The molecule has 6 heteroatoms. The van der Waals surface area contributed by atoms with Crippen molar-refractivity contribution in [1.82, 2.24) is 14.8 Å². The Morgan fingerprint density at radius 2 is 2.20 bits per heavy atom. The van der Waals surface area contributed by atoms with Gasteiger partial charge in [0.25, 0.3) is 0 Å². The highest BCUT2D eigenvalue weighted by molar-refractivity contribution is 6.59. The standard InChI is InChI=1S/C9H10BN3O2/c1-7-5-9(13-4-2-3-12-13)11-6-8(7)10(14)15/h2-6,14-15H,1H3. The van der Waals surface area contributed by atoms with Gasteiger partial charge in [0.05, 0.1) is 0 Å². The van der Waals surface area contributed by atoms with Crippen LogP contribution in [0.5, 0.6) is 0 Å². The molecule has 0 fully saturated rings. The van der Waals surface area contributed by atoms with Gasteiger partial charge in [0.2, 0.25) is 0 Å². The van der Waals surface area contributed by atoms with Gasteiger partial charge in [-0.2, -0.15) is 5.10 Å². The molecular weight excluding hydrogens is 193 g/mol. The van der Waals surface area contributed by atoms with E-state index in [-0.39, 0.29) is 0 Å². The monoisotopic (exact) mass is 203 g/mol. The van der Waals surface area contributed by atoms with Crippen molar-refractivity contribution in [2.24, 2.45) is 0 Å². The van der Waals surface area contributed by atoms with Crippen molar-refractivity contribution in [2.75, 3.05) is 0 Å². The van der Waals surface area contributed by atoms with Crippen molar-refractivity contribution >= 4 is 12.6 Å². The smallest absolute Gasteiger partial charge is 0.423 e. The third kappa shape index (κ3) is 1.90. The van der Waals surface area contributed by atoms with E-state index < -0.39 is 7.12 Å². The predicted molar refractivity (Wildman–Crippen MR) is 55.9 cm³/mol. The topological polar surface area (TPSA) is 71.2 Å². The highest BCUT2D eigenvalue weighted by Crippen LogP contribution is 2.03. The van der Waals surface area contributed by atoms with Crippen LogP contribution in [0, 0.1) is 6.92 Å². The predicted octanol–water partition coefficient (Wildman–Crippen LogP) is -0.744. The zero-order chi connectivity index (χ0) is 10.8. The molecule has 0 spiro atoms. The number of aryl methyl sites for hydroxylation is 1. The molecule has 0 aliphatic carbocycles. The van der Waals surface area contributed by atoms with Crippen molar-refractivity contribution in [1.29, 1.82) is 0 Å². The molecule has 0 saturated carbocycles. The molecule has 76 valence electrons. The Hall–Kier alpha value is -1.66. The Morgan fingerprint density at radius 1 is 1.40 bits per heavy atom. The first-order chi connectivity index (χ1) is 7.18. The van der Waals surface area contributed by atoms with Crippen LogP contribution in [-0.2, 0) is 0 Å². The number of pyridine rings is 1. The van der Waals surface area contributed by atoms with E-state index in [0.29, 0.717) is 11.3 Å². The fourth-order valence-electron chi connectivity index (χ4n) is 1.35. The van der Waals surface area contributed by atoms with Gasteiger partial charge in [-0.1, -0.05) is 0 Å². The summed E-state index contributed by atoms with van der Waals surface area (Å²) in [6.45, 7) is 1.80. The Kier molecular flexibility index (Phi) is 2.53. The van der Waals surface area contributed by atoms with Gasteiger partial charge in [-0.25, -0.2) is 9.67 Å². The lowest BCUT2D eigenvalue weighted by Gasteiger charge is -2.06. The molecule has 5 nitrogen and oxygen atoms in total. The lowest BCUT2D eigenvalue weighted by Crippen LogP contribution is -2.32. The fraction of sp³-hybridized carbons (Fsp3) is 0.111. The van der Waals surface area contributed by atoms with Crippen molar-refractivity contribution < 1.29 is 10.0 Å². The van der Waals surface area contributed by atoms with Crippen LogP contribution in [0.3, 0.4) is 0 Å². The minimum absolute atomic E-state index is 0.408. The van der Waals surface area contributed by atoms with Gasteiger partial charge in [0.1, 0.15) is 0 Å². The molecule has 0 aliphatic heterocycles. The molecule has 0 aliphatic rings. The molecule has 0 radical (unpaired) electrons. The summed E-state index contributed by atoms with van der Waals surface area (Å²) in [4.78, 5) is 4.08. The van der Waals surface area contributed by atoms with Gasteiger partial charge in [0, 0.05) is 24.1 Å². The van der Waals surface area contributed by atoms with Crippen molar-refractivity contribution in [3.05, 3.63) is 36.3 Å². The SMILES string of the molecule is Cc1cc(-n2cccn2)ncc1B(O)O. The Labute approximate surface area is 87.2 Å². The van der Waals surface area contributed by atoms with Gasteiger partial charge in [-0.05, 0) is 24.6 Å². The van der Waals surface area contributed by atoms with Gasteiger partial charge in [0.15, 0.2) is 5.82 Å². The molecule has 2 aromatic rings. The number of hydrogen-bond donors (Lipinski definition) is 2. The van der Waals surface area contributed by atoms with Gasteiger partial charge < -0.3 is 10.0 Å². The number of nitrogens with zero attached hydrogens (tertiary/aromatic N) is 3. The fourth-order valence-corrected chi connectivity index (χ4v) is 1.35. The normalized spacial score (nSPS) is 10.3. The second-order valence-electron chi connectivity index (χ2n) is 3.22. The van der Waals surface area contributed by atoms with E-state index in [0.717, 1.165) is 5.56 Å². The molecular formula is C9H10BN3O2. The van der Waals surface area contributed by atoms with Crippen molar-refractivity contribution in [3.63, 3.8) is 0 Å². The van der Waals surface area contributed by atoms with Gasteiger partial charge in [-0.15, -0.1) is 0 Å². The number of aromatic nitrogens is 3. The van der Waals surface area contributed by atoms with E-state index in [1.54, 1.807) is 36.1 Å². The minimum Gasteiger partial charge on any atom is -0.423 e. The largest absolute Gasteiger partial charge is 0.490 e. The van der Waals surface area contributed by atoms with Crippen LogP contribution < -0.4 is 5.46 Å². The maximum absolute atomic E-state index is 9.02. The van der Waals surface area contributed by atoms with Crippen LogP contribution in [0.15, 0.2) is 30.7 Å². The molecule has 0 amide bonds. The molecule has 2 aromatic heterocycles. The first-order valence-electron chi connectivity index (χ1n) is 4.51. The number of rotatable bonds is 2. The van der Waals surface area contributed by atoms with E-state index in [1.807, 2.05) is 0 Å². The maximum atomic E-state index is 9.02. The molecule has 0 unspecified atom stereocenters. The lowest BCUT2D eigenvalue weighted by atomic mass is 9.79. The summed E-state index contributed by atoms with van der Waals surface area (Å²) in [6, 6.07) is 3.55. The summed E-state index contributed by atoms with van der Waals surface area (Å²) in [5.41, 5.74) is 1.18. The molecule has 0 saturated heterocycles. The Morgan fingerprint density at radius 3 is 2.73 bits per heavy atom. The summed E-state index contributed by atoms with van der Waals surface area (Å²) in [6.07, 6.45) is 4.87. The second kappa shape index (κ2) is 3.84. The van der Waals surface area contributed by atoms with E-state index in [1.165, 1.54) is 6.20 Å². The van der Waals surface area contributed by atoms with Crippen LogP contribution >= 0.6 is 0 Å². The third-order valence-corrected chi connectivity index (χ3v) is 2.15. The highest BCUT2D eigenvalue weighted by atomic mass is 16.4. The summed E-state index contributed by atoms with van der Waals surface area (Å²) >= 11 is 0. The van der Waals surface area contributed by atoms with E-state index in [4.69, 9.17) is 10.0 Å². The van der Waals surface area contributed by atoms with Crippen molar-refractivity contribution in [3.8, 4) is 5.82 Å². The first-order valence-corrected chi connectivity index (χ1v) is 4.51. The van der Waals surface area contributed by atoms with Gasteiger partial charge in [-0.3, -0.25) is 0 Å². The zero-order valence-corrected chi connectivity index (χ0v) is 8.20. The molecule has 0 bridgehead atoms. The third-order valence-electron chi connectivity index (χ3n) is 2.15. The molecule has 2 N–H and O–H groups in total. The van der Waals surface area contributed by atoms with Crippen LogP contribution in [0.25, 0.3) is 5.82 Å². The molecule has 2 rings (SSSR count). The Bertz CT molecular complexity index is 456. The summed E-state index contributed by atoms with van der Waals surface area (Å²) in [7, 11) is -1.48. The average molecular weight is 203 g/mol. The molecule has 0 atom stereocenters. The first kappa shape index (κ1) is 9.88. The molecule has 2 heterocycles. The van der Waals surface area contributed by atoms with E-state index in [9.17, 15) is 0 Å². The second-order valence-corrected chi connectivity index (χ2v) is 3.22. The quantitative estimate of drug-likeness (QED) is 0.630. The summed E-state index contributed by atoms with van der Waals surface area (Å²) in [5.74, 6) is 0.655. The van der Waals surface area contributed by atoms with Crippen LogP contribution in [0.1, 0.15) is 5.56 Å². The average Bonchev–Trinajstić information content (AvgIpc) is 2.69. The van der Waals surface area contributed by atoms with Gasteiger partial charge >= 0.3 is 7.12 Å². The van der Waals surface area contributed by atoms with Crippen LogP contribution in [0.2, 0.25) is 0 Å². The minimum atomic E-state index is -1.48. The van der Waals surface area contributed by atoms with E-state index in [2.05, 4.69) is 10.1 Å². The summed E-state index contributed by atoms with van der Waals surface area (Å²) < 4.78 is 1.61. The molecule has 0 aromatic carbocycles.